The van der Waals surface area contributed by atoms with E-state index in [-0.39, 0.29) is 0 Å². The van der Waals surface area contributed by atoms with Gasteiger partial charge in [-0.1, -0.05) is 29.8 Å². The van der Waals surface area contributed by atoms with Gasteiger partial charge in [0.25, 0.3) is 0 Å². The van der Waals surface area contributed by atoms with Gasteiger partial charge in [-0.2, -0.15) is 0 Å². The van der Waals surface area contributed by atoms with Gasteiger partial charge in [0.15, 0.2) is 6.33 Å². The zero-order valence-corrected chi connectivity index (χ0v) is 10.0. The molecule has 4 nitrogen and oxygen atoms in total. The zero-order chi connectivity index (χ0) is 12.4. The molecule has 0 amide bonds. The summed E-state index contributed by atoms with van der Waals surface area (Å²) in [4.78, 5) is 15.3. The van der Waals surface area contributed by atoms with Crippen LogP contribution in [-0.2, 0) is 0 Å². The van der Waals surface area contributed by atoms with E-state index in [0.717, 1.165) is 11.1 Å². The fraction of sp³-hybridized carbons (Fsp3) is 0. The van der Waals surface area contributed by atoms with Gasteiger partial charge < -0.3 is 4.98 Å². The number of hydrogen-bond acceptors (Lipinski definition) is 3. The smallest absolute Gasteiger partial charge is 0.198 e. The molecule has 0 saturated carbocycles. The highest BCUT2D eigenvalue weighted by molar-refractivity contribution is 6.33. The maximum Gasteiger partial charge on any atom is 0.198 e. The van der Waals surface area contributed by atoms with E-state index in [1.54, 1.807) is 18.6 Å². The van der Waals surface area contributed by atoms with Gasteiger partial charge in [0.05, 0.1) is 11.3 Å². The standard InChI is InChI=1S/C13H8ClN4/c14-11-4-2-1-3-9(11)12-10(7-15-8-18-12)13-16-5-6-17-13/h1-7H,(H,16,17). The molecule has 2 heterocycles. The van der Waals surface area contributed by atoms with Crippen molar-refractivity contribution in [3.05, 3.63) is 54.2 Å². The fourth-order valence-electron chi connectivity index (χ4n) is 1.74. The monoisotopic (exact) mass is 255 g/mol. The lowest BCUT2D eigenvalue weighted by Gasteiger charge is -2.06. The van der Waals surface area contributed by atoms with E-state index in [2.05, 4.69) is 26.3 Å². The van der Waals surface area contributed by atoms with Crippen molar-refractivity contribution in [2.24, 2.45) is 0 Å². The molecule has 0 spiro atoms. The summed E-state index contributed by atoms with van der Waals surface area (Å²) in [5.41, 5.74) is 2.35. The molecule has 18 heavy (non-hydrogen) atoms. The van der Waals surface area contributed by atoms with Gasteiger partial charge in [-0.3, -0.25) is 0 Å². The summed E-state index contributed by atoms with van der Waals surface area (Å²) in [5, 5.41) is 0.636. The van der Waals surface area contributed by atoms with Crippen molar-refractivity contribution in [3.63, 3.8) is 0 Å². The van der Waals surface area contributed by atoms with Crippen molar-refractivity contribution in [3.8, 4) is 22.6 Å². The number of hydrogen-bond donors (Lipinski definition) is 1. The Morgan fingerprint density at radius 1 is 1.17 bits per heavy atom. The molecule has 3 rings (SSSR count). The lowest BCUT2D eigenvalue weighted by Crippen LogP contribution is -1.93. The van der Waals surface area contributed by atoms with Crippen LogP contribution in [0, 0.1) is 6.33 Å². The second kappa shape index (κ2) is 4.58. The molecule has 1 radical (unpaired) electrons. The minimum absolute atomic E-state index is 0.636. The Bertz CT molecular complexity index is 664. The topological polar surface area (TPSA) is 54.5 Å². The predicted octanol–water partition coefficient (Wildman–Crippen LogP) is 2.99. The third-order valence-corrected chi connectivity index (χ3v) is 2.88. The van der Waals surface area contributed by atoms with Gasteiger partial charge >= 0.3 is 0 Å². The maximum absolute atomic E-state index is 6.19. The summed E-state index contributed by atoms with van der Waals surface area (Å²) in [6.45, 7) is 0. The Hall–Kier alpha value is -2.20. The molecule has 0 unspecified atom stereocenters. The normalized spacial score (nSPS) is 10.5. The number of aromatic nitrogens is 4. The summed E-state index contributed by atoms with van der Waals surface area (Å²) in [6.07, 6.45) is 7.70. The van der Waals surface area contributed by atoms with Crippen LogP contribution < -0.4 is 0 Å². The molecule has 0 bridgehead atoms. The van der Waals surface area contributed by atoms with Gasteiger partial charge in [0, 0.05) is 29.2 Å². The van der Waals surface area contributed by atoms with Gasteiger partial charge in [0.1, 0.15) is 5.82 Å². The van der Waals surface area contributed by atoms with E-state index >= 15 is 0 Å². The first-order chi connectivity index (χ1) is 8.86. The van der Waals surface area contributed by atoms with Crippen LogP contribution in [-0.4, -0.2) is 19.9 Å². The number of nitrogens with one attached hydrogen (secondary N) is 1. The summed E-state index contributed by atoms with van der Waals surface area (Å²) < 4.78 is 0. The SMILES string of the molecule is Clc1ccccc1-c1n[c]ncc1-c1ncc[nH]1. The Labute approximate surface area is 109 Å². The third-order valence-electron chi connectivity index (χ3n) is 2.55. The van der Waals surface area contributed by atoms with Crippen molar-refractivity contribution in [1.82, 2.24) is 19.9 Å². The summed E-state index contributed by atoms with van der Waals surface area (Å²) >= 11 is 6.19. The lowest BCUT2D eigenvalue weighted by molar-refractivity contribution is 1.14. The summed E-state index contributed by atoms with van der Waals surface area (Å²) in [7, 11) is 0. The third kappa shape index (κ3) is 1.87. The maximum atomic E-state index is 6.19. The zero-order valence-electron chi connectivity index (χ0n) is 9.26. The van der Waals surface area contributed by atoms with E-state index in [4.69, 9.17) is 11.6 Å². The molecule has 5 heteroatoms. The molecule has 0 fully saturated rings. The first kappa shape index (κ1) is 10.9. The molecule has 0 aliphatic carbocycles. The molecule has 0 atom stereocenters. The van der Waals surface area contributed by atoms with Crippen molar-refractivity contribution in [2.75, 3.05) is 0 Å². The van der Waals surface area contributed by atoms with Crippen LogP contribution in [0.5, 0.6) is 0 Å². The van der Waals surface area contributed by atoms with Gasteiger partial charge in [-0.25, -0.2) is 15.0 Å². The van der Waals surface area contributed by atoms with E-state index in [9.17, 15) is 0 Å². The minimum atomic E-state index is 0.636. The molecule has 2 aromatic heterocycles. The minimum Gasteiger partial charge on any atom is -0.345 e. The van der Waals surface area contributed by atoms with E-state index in [1.807, 2.05) is 24.3 Å². The highest BCUT2D eigenvalue weighted by Gasteiger charge is 2.13. The number of aromatic amines is 1. The van der Waals surface area contributed by atoms with Crippen LogP contribution in [0.4, 0.5) is 0 Å². The second-order valence-electron chi connectivity index (χ2n) is 3.65. The average molecular weight is 256 g/mol. The molecular weight excluding hydrogens is 248 g/mol. The predicted molar refractivity (Wildman–Crippen MR) is 68.9 cm³/mol. The highest BCUT2D eigenvalue weighted by Crippen LogP contribution is 2.31. The van der Waals surface area contributed by atoms with Gasteiger partial charge in [-0.05, 0) is 6.07 Å². The van der Waals surface area contributed by atoms with Crippen LogP contribution >= 0.6 is 11.6 Å². The first-order valence-electron chi connectivity index (χ1n) is 5.34. The molecular formula is C13H8ClN4. The van der Waals surface area contributed by atoms with Crippen LogP contribution in [0.3, 0.4) is 0 Å². The molecule has 87 valence electrons. The van der Waals surface area contributed by atoms with Crippen LogP contribution in [0.1, 0.15) is 0 Å². The molecule has 0 aliphatic heterocycles. The Kier molecular flexibility index (Phi) is 2.78. The number of rotatable bonds is 2. The van der Waals surface area contributed by atoms with E-state index in [1.165, 1.54) is 0 Å². The average Bonchev–Trinajstić information content (AvgIpc) is 2.93. The van der Waals surface area contributed by atoms with Crippen LogP contribution in [0.2, 0.25) is 5.02 Å². The molecule has 0 aliphatic rings. The van der Waals surface area contributed by atoms with Crippen LogP contribution in [0.25, 0.3) is 22.6 Å². The van der Waals surface area contributed by atoms with Crippen molar-refractivity contribution < 1.29 is 0 Å². The first-order valence-corrected chi connectivity index (χ1v) is 5.72. The number of halogens is 1. The number of imidazole rings is 1. The Morgan fingerprint density at radius 3 is 2.83 bits per heavy atom. The lowest BCUT2D eigenvalue weighted by atomic mass is 10.1. The van der Waals surface area contributed by atoms with Crippen molar-refractivity contribution in [2.45, 2.75) is 0 Å². The number of H-pyrrole nitrogens is 1. The fourth-order valence-corrected chi connectivity index (χ4v) is 1.96. The van der Waals surface area contributed by atoms with Crippen molar-refractivity contribution >= 4 is 11.6 Å². The second-order valence-corrected chi connectivity index (χ2v) is 4.06. The van der Waals surface area contributed by atoms with Crippen LogP contribution in [0.15, 0.2) is 42.9 Å². The number of nitrogens with zero attached hydrogens (tertiary/aromatic N) is 3. The number of benzene rings is 1. The van der Waals surface area contributed by atoms with E-state index < -0.39 is 0 Å². The Balaban J connectivity index is 2.22. The largest absolute Gasteiger partial charge is 0.345 e. The molecule has 3 aromatic rings. The van der Waals surface area contributed by atoms with Gasteiger partial charge in [0.2, 0.25) is 0 Å². The Morgan fingerprint density at radius 2 is 2.06 bits per heavy atom. The molecule has 0 saturated heterocycles. The highest BCUT2D eigenvalue weighted by atomic mass is 35.5. The summed E-state index contributed by atoms with van der Waals surface area (Å²) in [6, 6.07) is 7.52. The quantitative estimate of drug-likeness (QED) is 0.766. The molecule has 1 N–H and O–H groups in total. The molecule has 1 aromatic carbocycles. The van der Waals surface area contributed by atoms with Gasteiger partial charge in [-0.15, -0.1) is 0 Å². The summed E-state index contributed by atoms with van der Waals surface area (Å²) in [5.74, 6) is 0.707. The van der Waals surface area contributed by atoms with Crippen molar-refractivity contribution in [1.29, 1.82) is 0 Å². The van der Waals surface area contributed by atoms with E-state index in [0.29, 0.717) is 16.5 Å².